The predicted octanol–water partition coefficient (Wildman–Crippen LogP) is 1.57. The summed E-state index contributed by atoms with van der Waals surface area (Å²) in [4.78, 5) is 4.08. The Balaban J connectivity index is 2.02. The normalized spacial score (nSPS) is 12.5. The minimum Gasteiger partial charge on any atom is -0.380 e. The highest BCUT2D eigenvalue weighted by Gasteiger charge is 2.20. The van der Waals surface area contributed by atoms with Crippen molar-refractivity contribution in [2.45, 2.75) is 19.6 Å². The van der Waals surface area contributed by atoms with Gasteiger partial charge in [-0.25, -0.2) is 9.67 Å². The Bertz CT molecular complexity index is 688. The summed E-state index contributed by atoms with van der Waals surface area (Å²) in [7, 11) is 0. The number of aliphatic hydroxyl groups is 1. The lowest BCUT2D eigenvalue weighted by Gasteiger charge is -2.13. The average Bonchev–Trinajstić information content (AvgIpc) is 3.16. The van der Waals surface area contributed by atoms with Gasteiger partial charge in [0.25, 0.3) is 0 Å². The van der Waals surface area contributed by atoms with Crippen molar-refractivity contribution in [2.75, 3.05) is 0 Å². The minimum absolute atomic E-state index is 0.617. The SMILES string of the molecule is CCn1cncc1C(O)c1cnnn1-c1ccccc1. The number of para-hydroxylation sites is 1. The van der Waals surface area contributed by atoms with Crippen LogP contribution in [0.5, 0.6) is 0 Å². The molecule has 0 aliphatic heterocycles. The molecule has 3 rings (SSSR count). The summed E-state index contributed by atoms with van der Waals surface area (Å²) >= 11 is 0. The second-order valence-corrected chi connectivity index (χ2v) is 4.41. The minimum atomic E-state index is -0.812. The van der Waals surface area contributed by atoms with Gasteiger partial charge in [0.1, 0.15) is 6.10 Å². The van der Waals surface area contributed by atoms with E-state index in [0.29, 0.717) is 5.69 Å². The molecule has 0 saturated carbocycles. The van der Waals surface area contributed by atoms with Gasteiger partial charge in [0.05, 0.1) is 35.8 Å². The summed E-state index contributed by atoms with van der Waals surface area (Å²) in [5, 5.41) is 18.5. The lowest BCUT2D eigenvalue weighted by molar-refractivity contribution is 0.202. The molecule has 0 fully saturated rings. The number of hydrogen-bond donors (Lipinski definition) is 1. The summed E-state index contributed by atoms with van der Waals surface area (Å²) < 4.78 is 3.53. The van der Waals surface area contributed by atoms with Crippen molar-refractivity contribution >= 4 is 0 Å². The molecule has 0 amide bonds. The number of hydrogen-bond acceptors (Lipinski definition) is 4. The highest BCUT2D eigenvalue weighted by Crippen LogP contribution is 2.22. The van der Waals surface area contributed by atoms with Crippen molar-refractivity contribution in [2.24, 2.45) is 0 Å². The Morgan fingerprint density at radius 1 is 1.15 bits per heavy atom. The lowest BCUT2D eigenvalue weighted by atomic mass is 10.2. The molecule has 20 heavy (non-hydrogen) atoms. The van der Waals surface area contributed by atoms with Crippen LogP contribution in [-0.4, -0.2) is 29.7 Å². The predicted molar refractivity (Wildman–Crippen MR) is 73.3 cm³/mol. The van der Waals surface area contributed by atoms with E-state index in [-0.39, 0.29) is 0 Å². The van der Waals surface area contributed by atoms with E-state index in [1.165, 1.54) is 0 Å². The van der Waals surface area contributed by atoms with Crippen LogP contribution < -0.4 is 0 Å². The molecule has 2 aromatic heterocycles. The van der Waals surface area contributed by atoms with E-state index in [1.807, 2.05) is 41.8 Å². The van der Waals surface area contributed by atoms with Crippen LogP contribution in [0.2, 0.25) is 0 Å². The van der Waals surface area contributed by atoms with Crippen LogP contribution in [0.15, 0.2) is 49.1 Å². The molecule has 1 aromatic carbocycles. The fourth-order valence-electron chi connectivity index (χ4n) is 2.17. The number of benzene rings is 1. The van der Waals surface area contributed by atoms with Crippen LogP contribution in [0.3, 0.4) is 0 Å². The Kier molecular flexibility index (Phi) is 3.30. The van der Waals surface area contributed by atoms with E-state index < -0.39 is 6.10 Å². The maximum Gasteiger partial charge on any atom is 0.139 e. The number of aryl methyl sites for hydroxylation is 1. The van der Waals surface area contributed by atoms with Gasteiger partial charge >= 0.3 is 0 Å². The van der Waals surface area contributed by atoms with Gasteiger partial charge in [0.2, 0.25) is 0 Å². The molecule has 0 saturated heterocycles. The van der Waals surface area contributed by atoms with Crippen LogP contribution in [-0.2, 0) is 6.54 Å². The first kappa shape index (κ1) is 12.6. The first-order valence-electron chi connectivity index (χ1n) is 6.45. The topological polar surface area (TPSA) is 68.8 Å². The number of imidazole rings is 1. The Hall–Kier alpha value is -2.47. The highest BCUT2D eigenvalue weighted by atomic mass is 16.3. The molecule has 102 valence electrons. The van der Waals surface area contributed by atoms with Gasteiger partial charge in [0.15, 0.2) is 0 Å². The first-order valence-corrected chi connectivity index (χ1v) is 6.45. The van der Waals surface area contributed by atoms with E-state index in [1.54, 1.807) is 23.4 Å². The van der Waals surface area contributed by atoms with E-state index in [4.69, 9.17) is 0 Å². The smallest absolute Gasteiger partial charge is 0.139 e. The first-order chi connectivity index (χ1) is 9.81. The van der Waals surface area contributed by atoms with Crippen LogP contribution >= 0.6 is 0 Å². The van der Waals surface area contributed by atoms with Crippen LogP contribution in [0, 0.1) is 0 Å². The summed E-state index contributed by atoms with van der Waals surface area (Å²) in [6, 6.07) is 9.61. The highest BCUT2D eigenvalue weighted by molar-refractivity contribution is 5.33. The second kappa shape index (κ2) is 5.26. The van der Waals surface area contributed by atoms with Crippen molar-refractivity contribution in [3.05, 3.63) is 60.4 Å². The monoisotopic (exact) mass is 269 g/mol. The van der Waals surface area contributed by atoms with Crippen LogP contribution in [0.25, 0.3) is 5.69 Å². The van der Waals surface area contributed by atoms with Gasteiger partial charge in [0, 0.05) is 6.54 Å². The largest absolute Gasteiger partial charge is 0.380 e. The molecule has 1 N–H and O–H groups in total. The Morgan fingerprint density at radius 2 is 1.95 bits per heavy atom. The Morgan fingerprint density at radius 3 is 2.70 bits per heavy atom. The lowest BCUT2D eigenvalue weighted by Crippen LogP contribution is -2.12. The van der Waals surface area contributed by atoms with Crippen LogP contribution in [0.4, 0.5) is 0 Å². The zero-order valence-corrected chi connectivity index (χ0v) is 11.1. The summed E-state index contributed by atoms with van der Waals surface area (Å²) in [5.41, 5.74) is 2.21. The molecule has 0 aliphatic rings. The third-order valence-corrected chi connectivity index (χ3v) is 3.22. The summed E-state index contributed by atoms with van der Waals surface area (Å²) in [6.07, 6.45) is 4.13. The number of rotatable bonds is 4. The standard InChI is InChI=1S/C14H15N5O/c1-2-18-10-15-8-12(18)14(20)13-9-16-17-19(13)11-6-4-3-5-7-11/h3-10,14,20H,2H2,1H3. The third-order valence-electron chi connectivity index (χ3n) is 3.22. The Labute approximate surface area is 116 Å². The molecular formula is C14H15N5O. The van der Waals surface area contributed by atoms with Crippen molar-refractivity contribution in [3.63, 3.8) is 0 Å². The molecule has 6 heteroatoms. The fraction of sp³-hybridized carbons (Fsp3) is 0.214. The zero-order chi connectivity index (χ0) is 13.9. The van der Waals surface area contributed by atoms with Crippen molar-refractivity contribution in [3.8, 4) is 5.69 Å². The molecule has 0 radical (unpaired) electrons. The van der Waals surface area contributed by atoms with Crippen LogP contribution in [0.1, 0.15) is 24.4 Å². The fourth-order valence-corrected chi connectivity index (χ4v) is 2.17. The van der Waals surface area contributed by atoms with E-state index in [2.05, 4.69) is 15.3 Å². The molecule has 3 aromatic rings. The average molecular weight is 269 g/mol. The molecule has 0 bridgehead atoms. The van der Waals surface area contributed by atoms with Gasteiger partial charge in [-0.3, -0.25) is 0 Å². The molecule has 1 unspecified atom stereocenters. The molecule has 0 aliphatic carbocycles. The van der Waals surface area contributed by atoms with E-state index in [0.717, 1.165) is 17.9 Å². The summed E-state index contributed by atoms with van der Waals surface area (Å²) in [5.74, 6) is 0. The molecule has 0 spiro atoms. The second-order valence-electron chi connectivity index (χ2n) is 4.41. The molecule has 1 atom stereocenters. The van der Waals surface area contributed by atoms with Gasteiger partial charge in [-0.1, -0.05) is 23.4 Å². The number of nitrogens with zero attached hydrogens (tertiary/aromatic N) is 5. The summed E-state index contributed by atoms with van der Waals surface area (Å²) in [6.45, 7) is 2.75. The quantitative estimate of drug-likeness (QED) is 0.780. The zero-order valence-electron chi connectivity index (χ0n) is 11.1. The maximum absolute atomic E-state index is 10.6. The molecular weight excluding hydrogens is 254 g/mol. The number of aromatic nitrogens is 5. The maximum atomic E-state index is 10.6. The molecule has 6 nitrogen and oxygen atoms in total. The van der Waals surface area contributed by atoms with Crippen molar-refractivity contribution < 1.29 is 5.11 Å². The number of aliphatic hydroxyl groups excluding tert-OH is 1. The van der Waals surface area contributed by atoms with Gasteiger partial charge in [-0.2, -0.15) is 0 Å². The van der Waals surface area contributed by atoms with Gasteiger partial charge in [-0.15, -0.1) is 5.10 Å². The van der Waals surface area contributed by atoms with Gasteiger partial charge < -0.3 is 9.67 Å². The third kappa shape index (κ3) is 2.10. The van der Waals surface area contributed by atoms with Crippen molar-refractivity contribution in [1.82, 2.24) is 24.5 Å². The molecule has 2 heterocycles. The van der Waals surface area contributed by atoms with E-state index in [9.17, 15) is 5.11 Å². The van der Waals surface area contributed by atoms with Gasteiger partial charge in [-0.05, 0) is 19.1 Å². The van der Waals surface area contributed by atoms with E-state index >= 15 is 0 Å². The van der Waals surface area contributed by atoms with Crippen molar-refractivity contribution in [1.29, 1.82) is 0 Å².